The van der Waals surface area contributed by atoms with Gasteiger partial charge in [0.2, 0.25) is 0 Å². The van der Waals surface area contributed by atoms with Gasteiger partial charge in [0.25, 0.3) is 10.0 Å². The van der Waals surface area contributed by atoms with Crippen molar-refractivity contribution >= 4 is 27.3 Å². The van der Waals surface area contributed by atoms with Gasteiger partial charge in [-0.25, -0.2) is 8.42 Å². The van der Waals surface area contributed by atoms with Crippen molar-refractivity contribution < 1.29 is 8.42 Å². The summed E-state index contributed by atoms with van der Waals surface area (Å²) < 4.78 is 27.5. The van der Waals surface area contributed by atoms with Gasteiger partial charge >= 0.3 is 0 Å². The normalized spacial score (nSPS) is 11.7. The van der Waals surface area contributed by atoms with Crippen LogP contribution in [-0.2, 0) is 16.4 Å². The van der Waals surface area contributed by atoms with Gasteiger partial charge in [-0.15, -0.1) is 11.6 Å². The molecule has 23 heavy (non-hydrogen) atoms. The lowest BCUT2D eigenvalue weighted by molar-refractivity contribution is 0.584. The molecule has 0 heterocycles. The van der Waals surface area contributed by atoms with Crippen LogP contribution in [0.4, 0.5) is 5.69 Å². The van der Waals surface area contributed by atoms with E-state index in [-0.39, 0.29) is 6.04 Å². The third-order valence-electron chi connectivity index (χ3n) is 3.56. The molecule has 0 radical (unpaired) electrons. The van der Waals surface area contributed by atoms with Gasteiger partial charge in [-0.1, -0.05) is 30.3 Å². The Hall–Kier alpha value is -1.52. The number of hydrogen-bond donors (Lipinski definition) is 0. The van der Waals surface area contributed by atoms with Gasteiger partial charge in [-0.05, 0) is 56.5 Å². The minimum atomic E-state index is -3.58. The van der Waals surface area contributed by atoms with Crippen LogP contribution in [0.5, 0.6) is 0 Å². The number of nitrogens with zero attached hydrogens (tertiary/aromatic N) is 1. The summed E-state index contributed by atoms with van der Waals surface area (Å²) in [4.78, 5) is 0.310. The molecular weight excluding hydrogens is 330 g/mol. The zero-order valence-corrected chi connectivity index (χ0v) is 15.0. The van der Waals surface area contributed by atoms with Crippen molar-refractivity contribution in [1.29, 1.82) is 0 Å². The maximum absolute atomic E-state index is 13.0. The molecule has 0 bridgehead atoms. The molecule has 3 nitrogen and oxygen atoms in total. The van der Waals surface area contributed by atoms with Crippen LogP contribution in [-0.4, -0.2) is 20.3 Å². The Kier molecular flexibility index (Phi) is 6.08. The van der Waals surface area contributed by atoms with Crippen LogP contribution in [0.3, 0.4) is 0 Å². The van der Waals surface area contributed by atoms with Crippen molar-refractivity contribution in [1.82, 2.24) is 0 Å². The molecular formula is C18H22ClNO2S. The number of anilines is 1. The summed E-state index contributed by atoms with van der Waals surface area (Å²) in [6.07, 6.45) is 1.74. The van der Waals surface area contributed by atoms with Crippen molar-refractivity contribution in [3.05, 3.63) is 60.2 Å². The molecule has 0 saturated carbocycles. The molecule has 0 aliphatic rings. The fourth-order valence-electron chi connectivity index (χ4n) is 2.50. The molecule has 0 amide bonds. The Bertz CT molecular complexity index is 712. The highest BCUT2D eigenvalue weighted by Crippen LogP contribution is 2.26. The van der Waals surface area contributed by atoms with Gasteiger partial charge in [0, 0.05) is 11.9 Å². The maximum atomic E-state index is 13.0. The lowest BCUT2D eigenvalue weighted by Gasteiger charge is -2.28. The Morgan fingerprint density at radius 1 is 1.00 bits per heavy atom. The standard InChI is InChI=1S/C18H22ClNO2S/c1-15(2)20(17-8-4-3-5-9-17)23(21,22)18-12-10-16(11-13-18)7-6-14-19/h3-5,8-13,15H,6-7,14H2,1-2H3. The van der Waals surface area contributed by atoms with E-state index < -0.39 is 10.0 Å². The van der Waals surface area contributed by atoms with Crippen molar-refractivity contribution in [2.24, 2.45) is 0 Å². The monoisotopic (exact) mass is 351 g/mol. The topological polar surface area (TPSA) is 37.4 Å². The Morgan fingerprint density at radius 3 is 2.13 bits per heavy atom. The molecule has 2 rings (SSSR count). The zero-order valence-electron chi connectivity index (χ0n) is 13.4. The fourth-order valence-corrected chi connectivity index (χ4v) is 4.30. The Morgan fingerprint density at radius 2 is 1.61 bits per heavy atom. The van der Waals surface area contributed by atoms with Crippen LogP contribution in [0.2, 0.25) is 0 Å². The quantitative estimate of drug-likeness (QED) is 0.690. The second kappa shape index (κ2) is 7.84. The van der Waals surface area contributed by atoms with E-state index in [0.717, 1.165) is 18.4 Å². The van der Waals surface area contributed by atoms with Crippen LogP contribution in [0, 0.1) is 0 Å². The van der Waals surface area contributed by atoms with E-state index in [2.05, 4.69) is 0 Å². The maximum Gasteiger partial charge on any atom is 0.264 e. The van der Waals surface area contributed by atoms with Crippen LogP contribution in [0.1, 0.15) is 25.8 Å². The molecule has 0 N–H and O–H groups in total. The second-order valence-electron chi connectivity index (χ2n) is 5.67. The van der Waals surface area contributed by atoms with E-state index in [0.29, 0.717) is 16.5 Å². The van der Waals surface area contributed by atoms with Crippen LogP contribution in [0.15, 0.2) is 59.5 Å². The first-order chi connectivity index (χ1) is 11.0. The van der Waals surface area contributed by atoms with Gasteiger partial charge in [0.15, 0.2) is 0 Å². The minimum absolute atomic E-state index is 0.168. The summed E-state index contributed by atoms with van der Waals surface area (Å²) in [5, 5.41) is 0. The van der Waals surface area contributed by atoms with E-state index in [1.807, 2.05) is 56.3 Å². The molecule has 0 unspecified atom stereocenters. The van der Waals surface area contributed by atoms with Crippen LogP contribution < -0.4 is 4.31 Å². The summed E-state index contributed by atoms with van der Waals surface area (Å²) in [7, 11) is -3.58. The highest BCUT2D eigenvalue weighted by atomic mass is 35.5. The summed E-state index contributed by atoms with van der Waals surface area (Å²) in [6.45, 7) is 3.75. The molecule has 2 aromatic carbocycles. The van der Waals surface area contributed by atoms with Gasteiger partial charge in [0.05, 0.1) is 10.6 Å². The predicted octanol–water partition coefficient (Wildman–Crippen LogP) is 4.46. The van der Waals surface area contributed by atoms with Crippen molar-refractivity contribution in [3.8, 4) is 0 Å². The first-order valence-electron chi connectivity index (χ1n) is 7.71. The smallest absolute Gasteiger partial charge is 0.264 e. The predicted molar refractivity (Wildman–Crippen MR) is 96.7 cm³/mol. The van der Waals surface area contributed by atoms with E-state index in [1.54, 1.807) is 12.1 Å². The first-order valence-corrected chi connectivity index (χ1v) is 9.68. The number of alkyl halides is 1. The number of benzene rings is 2. The number of hydrogen-bond acceptors (Lipinski definition) is 2. The van der Waals surface area contributed by atoms with Gasteiger partial charge in [-0.3, -0.25) is 4.31 Å². The molecule has 0 fully saturated rings. The molecule has 0 spiro atoms. The van der Waals surface area contributed by atoms with Crippen LogP contribution >= 0.6 is 11.6 Å². The van der Waals surface area contributed by atoms with E-state index in [1.165, 1.54) is 4.31 Å². The zero-order chi connectivity index (χ0) is 16.9. The Balaban J connectivity index is 2.35. The van der Waals surface area contributed by atoms with E-state index >= 15 is 0 Å². The van der Waals surface area contributed by atoms with Gasteiger partial charge < -0.3 is 0 Å². The summed E-state index contributed by atoms with van der Waals surface area (Å²) in [5.41, 5.74) is 1.77. The molecule has 5 heteroatoms. The summed E-state index contributed by atoms with van der Waals surface area (Å²) in [5.74, 6) is 0.606. The van der Waals surface area contributed by atoms with E-state index in [4.69, 9.17) is 11.6 Å². The third kappa shape index (κ3) is 4.27. The highest BCUT2D eigenvalue weighted by Gasteiger charge is 2.27. The molecule has 124 valence electrons. The molecule has 2 aromatic rings. The minimum Gasteiger partial charge on any atom is -0.264 e. The average molecular weight is 352 g/mol. The van der Waals surface area contributed by atoms with Crippen molar-refractivity contribution in [2.75, 3.05) is 10.2 Å². The summed E-state index contributed by atoms with van der Waals surface area (Å²) in [6, 6.07) is 16.1. The number of halogens is 1. The number of aryl methyl sites for hydroxylation is 1. The number of para-hydroxylation sites is 1. The molecule has 0 atom stereocenters. The summed E-state index contributed by atoms with van der Waals surface area (Å²) >= 11 is 5.70. The molecule has 0 aromatic heterocycles. The number of sulfonamides is 1. The van der Waals surface area contributed by atoms with Crippen molar-refractivity contribution in [3.63, 3.8) is 0 Å². The number of rotatable bonds is 7. The lowest BCUT2D eigenvalue weighted by Crippen LogP contribution is -2.36. The second-order valence-corrected chi connectivity index (χ2v) is 7.86. The van der Waals surface area contributed by atoms with Gasteiger partial charge in [-0.2, -0.15) is 0 Å². The van der Waals surface area contributed by atoms with E-state index in [9.17, 15) is 8.42 Å². The fraction of sp³-hybridized carbons (Fsp3) is 0.333. The third-order valence-corrected chi connectivity index (χ3v) is 5.84. The average Bonchev–Trinajstić information content (AvgIpc) is 2.54. The van der Waals surface area contributed by atoms with Crippen molar-refractivity contribution in [2.45, 2.75) is 37.6 Å². The van der Waals surface area contributed by atoms with Crippen LogP contribution in [0.25, 0.3) is 0 Å². The highest BCUT2D eigenvalue weighted by molar-refractivity contribution is 7.92. The first kappa shape index (κ1) is 17.8. The molecule has 0 aliphatic heterocycles. The molecule has 0 saturated heterocycles. The largest absolute Gasteiger partial charge is 0.264 e. The van der Waals surface area contributed by atoms with Gasteiger partial charge in [0.1, 0.15) is 0 Å². The SMILES string of the molecule is CC(C)N(c1ccccc1)S(=O)(=O)c1ccc(CCCCl)cc1. The Labute approximate surface area is 144 Å². The lowest BCUT2D eigenvalue weighted by atomic mass is 10.1. The molecule has 0 aliphatic carbocycles.